The minimum absolute atomic E-state index is 0.123. The molecule has 0 radical (unpaired) electrons. The molecule has 0 aliphatic heterocycles. The predicted octanol–water partition coefficient (Wildman–Crippen LogP) is 2.68. The molecule has 1 aromatic rings. The van der Waals surface area contributed by atoms with Crippen LogP contribution in [0.2, 0.25) is 0 Å². The van der Waals surface area contributed by atoms with E-state index in [-0.39, 0.29) is 5.78 Å². The molecule has 1 aromatic carbocycles. The maximum Gasteiger partial charge on any atom is 0.205 e. The van der Waals surface area contributed by atoms with Gasteiger partial charge in [-0.05, 0) is 37.0 Å². The van der Waals surface area contributed by atoms with Crippen molar-refractivity contribution in [2.45, 2.75) is 26.3 Å². The molecule has 0 saturated carbocycles. The Labute approximate surface area is 101 Å². The molecular formula is C13H16N2O2. The quantitative estimate of drug-likeness (QED) is 0.445. The smallest absolute Gasteiger partial charge is 0.205 e. The van der Waals surface area contributed by atoms with Crippen LogP contribution in [-0.2, 0) is 11.2 Å². The van der Waals surface area contributed by atoms with Crippen molar-refractivity contribution in [3.63, 3.8) is 0 Å². The van der Waals surface area contributed by atoms with E-state index in [4.69, 9.17) is 0 Å². The van der Waals surface area contributed by atoms with E-state index >= 15 is 0 Å². The largest absolute Gasteiger partial charge is 0.595 e. The van der Waals surface area contributed by atoms with E-state index in [0.29, 0.717) is 11.3 Å². The number of hydroxylamine groups is 1. The first kappa shape index (κ1) is 13.1. The van der Waals surface area contributed by atoms with Gasteiger partial charge in [-0.2, -0.15) is 0 Å². The third-order valence-corrected chi connectivity index (χ3v) is 2.30. The highest BCUT2D eigenvalue weighted by Crippen LogP contribution is 2.00. The van der Waals surface area contributed by atoms with E-state index in [2.05, 4.69) is 5.11 Å². The van der Waals surface area contributed by atoms with Crippen molar-refractivity contribution in [3.05, 3.63) is 53.4 Å². The molecule has 4 nitrogen and oxygen atoms in total. The second kappa shape index (κ2) is 6.58. The van der Waals surface area contributed by atoms with Gasteiger partial charge in [0.15, 0.2) is 11.8 Å². The standard InChI is InChI=1S/C13H16N2O2/c1-11(12(2)16)14-15(17)10-6-9-13-7-4-3-5-8-13/h3-8,10-11H,9H2,1-2H3/b10-6+,15-14?/t11-/m0/s1. The number of rotatable bonds is 5. The summed E-state index contributed by atoms with van der Waals surface area (Å²) in [6, 6.07) is 9.20. The molecule has 0 aliphatic rings. The van der Waals surface area contributed by atoms with E-state index in [1.165, 1.54) is 13.1 Å². The summed E-state index contributed by atoms with van der Waals surface area (Å²) in [5.74, 6) is -0.123. The molecule has 1 atom stereocenters. The van der Waals surface area contributed by atoms with E-state index in [0.717, 1.165) is 5.56 Å². The van der Waals surface area contributed by atoms with Crippen LogP contribution in [0.3, 0.4) is 0 Å². The summed E-state index contributed by atoms with van der Waals surface area (Å²) in [5, 5.41) is 14.9. The molecule has 0 N–H and O–H groups in total. The van der Waals surface area contributed by atoms with E-state index in [9.17, 15) is 10.0 Å². The minimum Gasteiger partial charge on any atom is -0.595 e. The fourth-order valence-corrected chi connectivity index (χ4v) is 1.18. The first-order valence-corrected chi connectivity index (χ1v) is 5.47. The lowest BCUT2D eigenvalue weighted by Crippen LogP contribution is -2.12. The van der Waals surface area contributed by atoms with Crippen molar-refractivity contribution in [1.29, 1.82) is 0 Å². The lowest BCUT2D eigenvalue weighted by Gasteiger charge is -1.98. The second-order valence-electron chi connectivity index (χ2n) is 3.78. The number of allylic oxidation sites excluding steroid dienone is 1. The lowest BCUT2D eigenvalue weighted by molar-refractivity contribution is -0.461. The summed E-state index contributed by atoms with van der Waals surface area (Å²) in [6.07, 6.45) is 3.72. The number of carbonyl (C=O) groups is 1. The van der Waals surface area contributed by atoms with Crippen molar-refractivity contribution in [2.24, 2.45) is 5.11 Å². The minimum atomic E-state index is -0.589. The Bertz CT molecular complexity index is 424. The molecule has 0 saturated heterocycles. The number of ketones is 1. The fourth-order valence-electron chi connectivity index (χ4n) is 1.18. The molecule has 17 heavy (non-hydrogen) atoms. The number of Topliss-reactive ketones (excluding diaryl/α,β-unsaturated/α-hetero) is 1. The first-order chi connectivity index (χ1) is 8.09. The van der Waals surface area contributed by atoms with Crippen LogP contribution in [0.15, 0.2) is 47.7 Å². The van der Waals surface area contributed by atoms with Gasteiger partial charge in [0.25, 0.3) is 0 Å². The Morgan fingerprint density at radius 2 is 2.12 bits per heavy atom. The molecule has 0 spiro atoms. The highest BCUT2D eigenvalue weighted by molar-refractivity contribution is 5.80. The zero-order valence-corrected chi connectivity index (χ0v) is 10.0. The van der Waals surface area contributed by atoms with Crippen molar-refractivity contribution < 1.29 is 9.66 Å². The Kier molecular flexibility index (Phi) is 5.07. The van der Waals surface area contributed by atoms with Crippen LogP contribution >= 0.6 is 0 Å². The average molecular weight is 232 g/mol. The fraction of sp³-hybridized carbons (Fsp3) is 0.308. The summed E-state index contributed by atoms with van der Waals surface area (Å²) >= 11 is 0. The van der Waals surface area contributed by atoms with Gasteiger partial charge in [0.1, 0.15) is 0 Å². The molecule has 90 valence electrons. The first-order valence-electron chi connectivity index (χ1n) is 5.47. The molecule has 0 heterocycles. The normalized spacial score (nSPS) is 13.9. The number of carbonyl (C=O) groups excluding carboxylic acids is 1. The molecule has 0 unspecified atom stereocenters. The van der Waals surface area contributed by atoms with Gasteiger partial charge in [-0.25, -0.2) is 0 Å². The predicted molar refractivity (Wildman–Crippen MR) is 65.5 cm³/mol. The zero-order valence-electron chi connectivity index (χ0n) is 10.0. The van der Waals surface area contributed by atoms with Crippen LogP contribution in [0.4, 0.5) is 0 Å². The average Bonchev–Trinajstić information content (AvgIpc) is 2.30. The zero-order chi connectivity index (χ0) is 12.7. The maximum absolute atomic E-state index is 11.3. The van der Waals surface area contributed by atoms with Gasteiger partial charge in [-0.1, -0.05) is 35.2 Å². The summed E-state index contributed by atoms with van der Waals surface area (Å²) in [6.45, 7) is 3.01. The van der Waals surface area contributed by atoms with Crippen LogP contribution in [0.1, 0.15) is 19.4 Å². The van der Waals surface area contributed by atoms with Gasteiger partial charge in [0, 0.05) is 0 Å². The Hall–Kier alpha value is -1.97. The van der Waals surface area contributed by atoms with Gasteiger partial charge in [0.05, 0.1) is 0 Å². The monoisotopic (exact) mass is 232 g/mol. The third kappa shape index (κ3) is 5.06. The highest BCUT2D eigenvalue weighted by atomic mass is 16.5. The van der Waals surface area contributed by atoms with Gasteiger partial charge >= 0.3 is 0 Å². The van der Waals surface area contributed by atoms with Crippen molar-refractivity contribution in [3.8, 4) is 0 Å². The van der Waals surface area contributed by atoms with Gasteiger partial charge in [-0.15, -0.1) is 0 Å². The number of nitrogens with zero attached hydrogens (tertiary/aromatic N) is 2. The summed E-state index contributed by atoms with van der Waals surface area (Å²) < 4.78 is 0. The number of hydrogen-bond acceptors (Lipinski definition) is 3. The molecule has 0 bridgehead atoms. The molecule has 0 aliphatic carbocycles. The molecule has 0 amide bonds. The summed E-state index contributed by atoms with van der Waals surface area (Å²) in [7, 11) is 0. The Morgan fingerprint density at radius 3 is 2.71 bits per heavy atom. The Morgan fingerprint density at radius 1 is 1.47 bits per heavy atom. The second-order valence-corrected chi connectivity index (χ2v) is 3.78. The summed E-state index contributed by atoms with van der Waals surface area (Å²) in [4.78, 5) is 11.3. The number of benzene rings is 1. The molecule has 4 heteroatoms. The van der Waals surface area contributed by atoms with E-state index < -0.39 is 6.04 Å². The van der Waals surface area contributed by atoms with Gasteiger partial charge < -0.3 is 5.21 Å². The summed E-state index contributed by atoms with van der Waals surface area (Å²) in [5.41, 5.74) is 1.12. The van der Waals surface area contributed by atoms with Gasteiger partial charge in [0.2, 0.25) is 6.20 Å². The highest BCUT2D eigenvalue weighted by Gasteiger charge is 2.08. The molecular weight excluding hydrogens is 216 g/mol. The topological polar surface area (TPSA) is 55.5 Å². The van der Waals surface area contributed by atoms with Crippen LogP contribution in [0.5, 0.6) is 0 Å². The molecule has 0 fully saturated rings. The van der Waals surface area contributed by atoms with Gasteiger partial charge in [-0.3, -0.25) is 4.79 Å². The Balaban J connectivity index is 2.52. The lowest BCUT2D eigenvalue weighted by atomic mass is 10.1. The molecule has 1 rings (SSSR count). The van der Waals surface area contributed by atoms with Crippen LogP contribution < -0.4 is 0 Å². The van der Waals surface area contributed by atoms with Crippen LogP contribution in [-0.4, -0.2) is 16.7 Å². The van der Waals surface area contributed by atoms with Crippen LogP contribution in [0, 0.1) is 5.21 Å². The SMILES string of the molecule is CC(=O)[C@H](C)N=[N+]([O-])/C=C/Cc1ccccc1. The molecule has 0 aromatic heterocycles. The van der Waals surface area contributed by atoms with E-state index in [1.807, 2.05) is 30.3 Å². The van der Waals surface area contributed by atoms with Crippen LogP contribution in [0.25, 0.3) is 0 Å². The van der Waals surface area contributed by atoms with Crippen molar-refractivity contribution in [2.75, 3.05) is 0 Å². The third-order valence-electron chi connectivity index (χ3n) is 2.30. The van der Waals surface area contributed by atoms with E-state index in [1.54, 1.807) is 13.0 Å². The maximum atomic E-state index is 11.3. The number of azo groups is 1. The van der Waals surface area contributed by atoms with Crippen molar-refractivity contribution in [1.82, 2.24) is 0 Å². The number of hydrogen-bond donors (Lipinski definition) is 0. The van der Waals surface area contributed by atoms with Crippen molar-refractivity contribution >= 4 is 5.78 Å².